The first-order valence-corrected chi connectivity index (χ1v) is 7.29. The number of nitrogens with zero attached hydrogens (tertiary/aromatic N) is 1. The van der Waals surface area contributed by atoms with Crippen LogP contribution in [-0.2, 0) is 14.8 Å². The van der Waals surface area contributed by atoms with Crippen LogP contribution in [0.25, 0.3) is 0 Å². The van der Waals surface area contributed by atoms with Gasteiger partial charge in [0, 0.05) is 18.8 Å². The topological polar surface area (TPSA) is 101 Å². The second kappa shape index (κ2) is 4.50. The third-order valence-electron chi connectivity index (χ3n) is 3.47. The van der Waals surface area contributed by atoms with Crippen LogP contribution in [0.2, 0.25) is 0 Å². The molecular formula is C12H16N2O4S. The zero-order valence-electron chi connectivity index (χ0n) is 10.5. The van der Waals surface area contributed by atoms with E-state index in [1.807, 2.05) is 0 Å². The number of nitrogen functional groups attached to an aromatic ring is 1. The number of carboxylic acids is 1. The van der Waals surface area contributed by atoms with Gasteiger partial charge in [0.2, 0.25) is 10.0 Å². The predicted molar refractivity (Wildman–Crippen MR) is 70.0 cm³/mol. The van der Waals surface area contributed by atoms with Crippen molar-refractivity contribution >= 4 is 21.7 Å². The summed E-state index contributed by atoms with van der Waals surface area (Å²) in [5.74, 6) is -0.970. The van der Waals surface area contributed by atoms with Crippen molar-refractivity contribution in [2.24, 2.45) is 5.41 Å². The number of carbonyl (C=O) groups is 1. The van der Waals surface area contributed by atoms with E-state index in [-0.39, 0.29) is 18.0 Å². The molecule has 1 saturated heterocycles. The van der Waals surface area contributed by atoms with Crippen LogP contribution in [-0.4, -0.2) is 36.9 Å². The molecule has 1 atom stereocenters. The van der Waals surface area contributed by atoms with E-state index in [9.17, 15) is 13.2 Å². The molecule has 19 heavy (non-hydrogen) atoms. The van der Waals surface area contributed by atoms with Crippen LogP contribution < -0.4 is 5.73 Å². The molecule has 6 nitrogen and oxygen atoms in total. The molecule has 1 aromatic carbocycles. The molecule has 1 heterocycles. The lowest BCUT2D eigenvalue weighted by Gasteiger charge is -2.20. The number of sulfonamides is 1. The number of carboxylic acid groups (broad SMARTS) is 1. The van der Waals surface area contributed by atoms with E-state index in [0.29, 0.717) is 12.1 Å². The fourth-order valence-electron chi connectivity index (χ4n) is 2.09. The Morgan fingerprint density at radius 1 is 1.37 bits per heavy atom. The van der Waals surface area contributed by atoms with Crippen molar-refractivity contribution in [3.63, 3.8) is 0 Å². The summed E-state index contributed by atoms with van der Waals surface area (Å²) < 4.78 is 25.9. The molecule has 1 aliphatic heterocycles. The van der Waals surface area contributed by atoms with Crippen molar-refractivity contribution in [3.05, 3.63) is 24.3 Å². The zero-order chi connectivity index (χ0) is 14.3. The van der Waals surface area contributed by atoms with Crippen molar-refractivity contribution in [2.75, 3.05) is 18.8 Å². The molecule has 1 fully saturated rings. The van der Waals surface area contributed by atoms with Crippen LogP contribution in [0.5, 0.6) is 0 Å². The minimum atomic E-state index is -3.65. The molecule has 3 N–H and O–H groups in total. The Kier molecular flexibility index (Phi) is 3.27. The normalized spacial score (nSPS) is 24.5. The smallest absolute Gasteiger partial charge is 0.310 e. The first kappa shape index (κ1) is 13.8. The van der Waals surface area contributed by atoms with Crippen LogP contribution in [0.1, 0.15) is 13.3 Å². The molecule has 1 aliphatic rings. The number of nitrogens with two attached hydrogens (primary N) is 1. The molecule has 2 rings (SSSR count). The Morgan fingerprint density at radius 2 is 1.95 bits per heavy atom. The van der Waals surface area contributed by atoms with Gasteiger partial charge in [-0.1, -0.05) is 0 Å². The van der Waals surface area contributed by atoms with Gasteiger partial charge in [-0.2, -0.15) is 4.31 Å². The Balaban J connectivity index is 2.28. The Bertz CT molecular complexity index is 597. The Morgan fingerprint density at radius 3 is 2.42 bits per heavy atom. The second-order valence-corrected chi connectivity index (χ2v) is 6.96. The van der Waals surface area contributed by atoms with Gasteiger partial charge in [-0.15, -0.1) is 0 Å². The summed E-state index contributed by atoms with van der Waals surface area (Å²) in [5.41, 5.74) is 4.99. The van der Waals surface area contributed by atoms with Crippen LogP contribution in [0.15, 0.2) is 29.2 Å². The number of anilines is 1. The summed E-state index contributed by atoms with van der Waals surface area (Å²) >= 11 is 0. The molecule has 104 valence electrons. The molecule has 0 saturated carbocycles. The van der Waals surface area contributed by atoms with Gasteiger partial charge in [0.15, 0.2) is 0 Å². The maximum absolute atomic E-state index is 12.3. The summed E-state index contributed by atoms with van der Waals surface area (Å²) in [5, 5.41) is 9.12. The molecule has 1 aromatic rings. The quantitative estimate of drug-likeness (QED) is 0.798. The largest absolute Gasteiger partial charge is 0.481 e. The van der Waals surface area contributed by atoms with E-state index in [2.05, 4.69) is 0 Å². The number of aliphatic carboxylic acids is 1. The van der Waals surface area contributed by atoms with E-state index >= 15 is 0 Å². The number of rotatable bonds is 3. The van der Waals surface area contributed by atoms with Crippen molar-refractivity contribution < 1.29 is 18.3 Å². The van der Waals surface area contributed by atoms with Gasteiger partial charge >= 0.3 is 5.97 Å². The van der Waals surface area contributed by atoms with Crippen molar-refractivity contribution in [1.82, 2.24) is 4.31 Å². The average molecular weight is 284 g/mol. The highest BCUT2D eigenvalue weighted by Crippen LogP contribution is 2.33. The Labute approximate surface area is 111 Å². The molecule has 1 unspecified atom stereocenters. The van der Waals surface area contributed by atoms with Crippen LogP contribution in [0, 0.1) is 5.41 Å². The van der Waals surface area contributed by atoms with Gasteiger partial charge in [-0.25, -0.2) is 8.42 Å². The number of hydrogen-bond donors (Lipinski definition) is 2. The maximum Gasteiger partial charge on any atom is 0.310 e. The fourth-order valence-corrected chi connectivity index (χ4v) is 3.65. The first-order chi connectivity index (χ1) is 8.75. The molecule has 0 radical (unpaired) electrons. The monoisotopic (exact) mass is 284 g/mol. The first-order valence-electron chi connectivity index (χ1n) is 5.85. The predicted octanol–water partition coefficient (Wildman–Crippen LogP) is 0.754. The highest BCUT2D eigenvalue weighted by atomic mass is 32.2. The number of benzene rings is 1. The van der Waals surface area contributed by atoms with Crippen molar-refractivity contribution in [1.29, 1.82) is 0 Å². The van der Waals surface area contributed by atoms with Crippen LogP contribution in [0.4, 0.5) is 5.69 Å². The van der Waals surface area contributed by atoms with Crippen LogP contribution >= 0.6 is 0 Å². The lowest BCUT2D eigenvalue weighted by Crippen LogP contribution is -2.34. The molecule has 0 aromatic heterocycles. The fraction of sp³-hybridized carbons (Fsp3) is 0.417. The second-order valence-electron chi connectivity index (χ2n) is 5.02. The summed E-state index contributed by atoms with van der Waals surface area (Å²) in [6.45, 7) is 1.78. The van der Waals surface area contributed by atoms with E-state index in [0.717, 1.165) is 0 Å². The van der Waals surface area contributed by atoms with Gasteiger partial charge < -0.3 is 10.8 Å². The molecule has 0 aliphatic carbocycles. The summed E-state index contributed by atoms with van der Waals surface area (Å²) in [7, 11) is -3.65. The van der Waals surface area contributed by atoms with Crippen molar-refractivity contribution in [2.45, 2.75) is 18.2 Å². The highest BCUT2D eigenvalue weighted by molar-refractivity contribution is 7.89. The third-order valence-corrected chi connectivity index (χ3v) is 5.33. The minimum Gasteiger partial charge on any atom is -0.481 e. The summed E-state index contributed by atoms with van der Waals surface area (Å²) in [4.78, 5) is 11.3. The molecule has 0 spiro atoms. The van der Waals surface area contributed by atoms with Gasteiger partial charge in [0.1, 0.15) is 0 Å². The van der Waals surface area contributed by atoms with Crippen molar-refractivity contribution in [3.8, 4) is 0 Å². The standard InChI is InChI=1S/C12H16N2O4S/c1-12(11(15)16)6-7-14(8-12)19(17,18)10-4-2-9(13)3-5-10/h2-5H,6-8,13H2,1H3,(H,15,16). The molecule has 7 heteroatoms. The SMILES string of the molecule is CC1(C(=O)O)CCN(S(=O)(=O)c2ccc(N)cc2)C1. The average Bonchev–Trinajstić information content (AvgIpc) is 2.75. The van der Waals surface area contributed by atoms with Gasteiger partial charge in [0.05, 0.1) is 10.3 Å². The maximum atomic E-state index is 12.3. The molecular weight excluding hydrogens is 268 g/mol. The summed E-state index contributed by atoms with van der Waals surface area (Å²) in [6.07, 6.45) is 0.316. The number of hydrogen-bond acceptors (Lipinski definition) is 4. The minimum absolute atomic E-state index is 0.00492. The van der Waals surface area contributed by atoms with Gasteiger partial charge in [0.25, 0.3) is 0 Å². The lowest BCUT2D eigenvalue weighted by molar-refractivity contribution is -0.146. The van der Waals surface area contributed by atoms with E-state index in [4.69, 9.17) is 10.8 Å². The lowest BCUT2D eigenvalue weighted by atomic mass is 9.90. The van der Waals surface area contributed by atoms with Gasteiger partial charge in [-0.05, 0) is 37.6 Å². The zero-order valence-corrected chi connectivity index (χ0v) is 11.4. The van der Waals surface area contributed by atoms with E-state index in [1.54, 1.807) is 6.92 Å². The molecule has 0 amide bonds. The van der Waals surface area contributed by atoms with E-state index < -0.39 is 21.4 Å². The van der Waals surface area contributed by atoms with Crippen LogP contribution in [0.3, 0.4) is 0 Å². The summed E-state index contributed by atoms with van der Waals surface area (Å²) in [6, 6.07) is 5.89. The highest BCUT2D eigenvalue weighted by Gasteiger charge is 2.44. The van der Waals surface area contributed by atoms with E-state index in [1.165, 1.54) is 28.6 Å². The molecule has 0 bridgehead atoms. The van der Waals surface area contributed by atoms with Gasteiger partial charge in [-0.3, -0.25) is 4.79 Å². The Hall–Kier alpha value is -1.60. The third kappa shape index (κ3) is 2.43.